The SMILES string of the molecule is CN1CC[C@H](O)[C@@H](N)C1.Cl.Cl. The molecule has 2 atom stereocenters. The molecule has 0 aromatic carbocycles. The summed E-state index contributed by atoms with van der Waals surface area (Å²) in [7, 11) is 2.02. The first-order valence-electron chi connectivity index (χ1n) is 3.32. The number of rotatable bonds is 0. The van der Waals surface area contributed by atoms with Crippen LogP contribution in [0.15, 0.2) is 0 Å². The molecule has 1 heterocycles. The van der Waals surface area contributed by atoms with E-state index in [4.69, 9.17) is 10.8 Å². The quantitative estimate of drug-likeness (QED) is 0.575. The van der Waals surface area contributed by atoms with Gasteiger partial charge >= 0.3 is 0 Å². The number of nitrogens with two attached hydrogens (primary N) is 1. The van der Waals surface area contributed by atoms with Gasteiger partial charge in [-0.2, -0.15) is 0 Å². The second kappa shape index (κ2) is 6.03. The number of likely N-dealkylation sites (N-methyl/N-ethyl adjacent to an activating group) is 1. The molecule has 70 valence electrons. The molecular formula is C6H16Cl2N2O. The van der Waals surface area contributed by atoms with Crippen molar-refractivity contribution in [3.05, 3.63) is 0 Å². The van der Waals surface area contributed by atoms with Gasteiger partial charge in [0.15, 0.2) is 0 Å². The number of aliphatic hydroxyl groups excluding tert-OH is 1. The maximum absolute atomic E-state index is 9.14. The van der Waals surface area contributed by atoms with E-state index >= 15 is 0 Å². The molecule has 0 amide bonds. The number of nitrogens with zero attached hydrogens (tertiary/aromatic N) is 1. The summed E-state index contributed by atoms with van der Waals surface area (Å²) in [5, 5.41) is 9.14. The Bertz CT molecular complexity index is 105. The van der Waals surface area contributed by atoms with Crippen LogP contribution in [0.25, 0.3) is 0 Å². The first kappa shape index (κ1) is 14.0. The molecule has 0 bridgehead atoms. The van der Waals surface area contributed by atoms with Gasteiger partial charge in [0, 0.05) is 19.1 Å². The molecule has 11 heavy (non-hydrogen) atoms. The van der Waals surface area contributed by atoms with E-state index in [1.165, 1.54) is 0 Å². The Balaban J connectivity index is 0. The topological polar surface area (TPSA) is 49.5 Å². The predicted molar refractivity (Wildman–Crippen MR) is 50.6 cm³/mol. The lowest BCUT2D eigenvalue weighted by Gasteiger charge is -2.31. The molecule has 0 aliphatic carbocycles. The summed E-state index contributed by atoms with van der Waals surface area (Å²) in [5.41, 5.74) is 5.58. The van der Waals surface area contributed by atoms with Gasteiger partial charge in [-0.15, -0.1) is 24.8 Å². The Labute approximate surface area is 79.8 Å². The van der Waals surface area contributed by atoms with Gasteiger partial charge in [-0.25, -0.2) is 0 Å². The molecule has 1 aliphatic heterocycles. The van der Waals surface area contributed by atoms with Crippen LogP contribution in [0.5, 0.6) is 0 Å². The zero-order valence-electron chi connectivity index (χ0n) is 6.56. The van der Waals surface area contributed by atoms with Crippen molar-refractivity contribution >= 4 is 24.8 Å². The zero-order chi connectivity index (χ0) is 6.85. The standard InChI is InChI=1S/C6H14N2O.2ClH/c1-8-3-2-6(9)5(7)4-8;;/h5-6,9H,2-4,7H2,1H3;2*1H/t5-,6-;;/m0../s1. The Kier molecular flexibility index (Phi) is 7.68. The van der Waals surface area contributed by atoms with E-state index in [0.717, 1.165) is 19.5 Å². The molecule has 0 unspecified atom stereocenters. The lowest BCUT2D eigenvalue weighted by atomic mass is 10.0. The fourth-order valence-corrected chi connectivity index (χ4v) is 1.14. The summed E-state index contributed by atoms with van der Waals surface area (Å²) < 4.78 is 0. The van der Waals surface area contributed by atoms with E-state index in [0.29, 0.717) is 0 Å². The van der Waals surface area contributed by atoms with Crippen molar-refractivity contribution in [3.8, 4) is 0 Å². The molecule has 5 heteroatoms. The molecular weight excluding hydrogens is 187 g/mol. The van der Waals surface area contributed by atoms with E-state index < -0.39 is 0 Å². The van der Waals surface area contributed by atoms with Gasteiger partial charge in [0.25, 0.3) is 0 Å². The van der Waals surface area contributed by atoms with Gasteiger partial charge in [-0.05, 0) is 13.5 Å². The summed E-state index contributed by atoms with van der Waals surface area (Å²) in [6.45, 7) is 1.79. The molecule has 1 fully saturated rings. The van der Waals surface area contributed by atoms with Crippen LogP contribution < -0.4 is 5.73 Å². The van der Waals surface area contributed by atoms with Crippen molar-refractivity contribution in [2.24, 2.45) is 5.73 Å². The van der Waals surface area contributed by atoms with Crippen molar-refractivity contribution in [1.82, 2.24) is 4.90 Å². The smallest absolute Gasteiger partial charge is 0.0715 e. The first-order chi connectivity index (χ1) is 4.20. The molecule has 3 nitrogen and oxygen atoms in total. The van der Waals surface area contributed by atoms with E-state index in [1.807, 2.05) is 7.05 Å². The highest BCUT2D eigenvalue weighted by atomic mass is 35.5. The summed E-state index contributed by atoms with van der Waals surface area (Å²) >= 11 is 0. The normalized spacial score (nSPS) is 31.9. The van der Waals surface area contributed by atoms with Crippen LogP contribution in [0, 0.1) is 0 Å². The number of halogens is 2. The molecule has 3 N–H and O–H groups in total. The second-order valence-corrected chi connectivity index (χ2v) is 2.78. The van der Waals surface area contributed by atoms with Crippen LogP contribution in [0.1, 0.15) is 6.42 Å². The van der Waals surface area contributed by atoms with Gasteiger partial charge in [0.2, 0.25) is 0 Å². The van der Waals surface area contributed by atoms with Gasteiger partial charge in [-0.3, -0.25) is 0 Å². The number of likely N-dealkylation sites (tertiary alicyclic amines) is 1. The molecule has 1 rings (SSSR count). The van der Waals surface area contributed by atoms with Crippen LogP contribution in [0.3, 0.4) is 0 Å². The Morgan fingerprint density at radius 2 is 2.00 bits per heavy atom. The number of hydrogen-bond donors (Lipinski definition) is 2. The Morgan fingerprint density at radius 1 is 1.45 bits per heavy atom. The van der Waals surface area contributed by atoms with E-state index in [2.05, 4.69) is 4.90 Å². The van der Waals surface area contributed by atoms with Crippen molar-refractivity contribution < 1.29 is 5.11 Å². The minimum atomic E-state index is -0.277. The molecule has 1 saturated heterocycles. The number of piperidine rings is 1. The van der Waals surface area contributed by atoms with Crippen LogP contribution >= 0.6 is 24.8 Å². The third kappa shape index (κ3) is 4.13. The largest absolute Gasteiger partial charge is 0.391 e. The van der Waals surface area contributed by atoms with E-state index in [9.17, 15) is 0 Å². The molecule has 0 saturated carbocycles. The highest BCUT2D eigenvalue weighted by molar-refractivity contribution is 5.85. The third-order valence-electron chi connectivity index (χ3n) is 1.82. The van der Waals surface area contributed by atoms with Crippen LogP contribution in [0.4, 0.5) is 0 Å². The van der Waals surface area contributed by atoms with E-state index in [-0.39, 0.29) is 37.0 Å². The average molecular weight is 203 g/mol. The molecule has 0 aromatic rings. The van der Waals surface area contributed by atoms with Crippen LogP contribution in [-0.4, -0.2) is 42.3 Å². The van der Waals surface area contributed by atoms with Crippen LogP contribution in [0.2, 0.25) is 0 Å². The molecule has 0 spiro atoms. The van der Waals surface area contributed by atoms with Gasteiger partial charge in [0.05, 0.1) is 6.10 Å². The number of aliphatic hydroxyl groups is 1. The fourth-order valence-electron chi connectivity index (χ4n) is 1.14. The van der Waals surface area contributed by atoms with Gasteiger partial charge in [0.1, 0.15) is 0 Å². The highest BCUT2D eigenvalue weighted by Crippen LogP contribution is 2.05. The molecule has 1 aliphatic rings. The summed E-state index contributed by atoms with van der Waals surface area (Å²) in [4.78, 5) is 2.14. The Hall–Kier alpha value is 0.460. The molecule has 0 aromatic heterocycles. The van der Waals surface area contributed by atoms with Crippen LogP contribution in [-0.2, 0) is 0 Å². The minimum absolute atomic E-state index is 0. The van der Waals surface area contributed by atoms with Gasteiger partial charge < -0.3 is 15.7 Å². The predicted octanol–water partition coefficient (Wildman–Crippen LogP) is -0.146. The maximum Gasteiger partial charge on any atom is 0.0715 e. The van der Waals surface area contributed by atoms with Crippen molar-refractivity contribution in [3.63, 3.8) is 0 Å². The summed E-state index contributed by atoms with van der Waals surface area (Å²) in [6, 6.07) is -0.0382. The maximum atomic E-state index is 9.14. The zero-order valence-corrected chi connectivity index (χ0v) is 8.20. The monoisotopic (exact) mass is 202 g/mol. The third-order valence-corrected chi connectivity index (χ3v) is 1.82. The van der Waals surface area contributed by atoms with Crippen molar-refractivity contribution in [2.75, 3.05) is 20.1 Å². The fraction of sp³-hybridized carbons (Fsp3) is 1.00. The summed E-state index contributed by atoms with van der Waals surface area (Å²) in [5.74, 6) is 0. The number of hydrogen-bond acceptors (Lipinski definition) is 3. The first-order valence-corrected chi connectivity index (χ1v) is 3.32. The van der Waals surface area contributed by atoms with Crippen molar-refractivity contribution in [2.45, 2.75) is 18.6 Å². The lowest BCUT2D eigenvalue weighted by molar-refractivity contribution is 0.0734. The minimum Gasteiger partial charge on any atom is -0.391 e. The van der Waals surface area contributed by atoms with Gasteiger partial charge in [-0.1, -0.05) is 0 Å². The van der Waals surface area contributed by atoms with E-state index in [1.54, 1.807) is 0 Å². The molecule has 0 radical (unpaired) electrons. The second-order valence-electron chi connectivity index (χ2n) is 2.78. The Morgan fingerprint density at radius 3 is 2.36 bits per heavy atom. The highest BCUT2D eigenvalue weighted by Gasteiger charge is 2.21. The summed E-state index contributed by atoms with van der Waals surface area (Å²) in [6.07, 6.45) is 0.540. The van der Waals surface area contributed by atoms with Crippen molar-refractivity contribution in [1.29, 1.82) is 0 Å². The average Bonchev–Trinajstić information content (AvgIpc) is 1.80. The lowest BCUT2D eigenvalue weighted by Crippen LogP contribution is -2.49.